The predicted octanol–water partition coefficient (Wildman–Crippen LogP) is 5.19. The summed E-state index contributed by atoms with van der Waals surface area (Å²) in [5, 5.41) is 9.69. The molecule has 1 aliphatic heterocycles. The molecule has 0 saturated carbocycles. The molecule has 0 saturated heterocycles. The molecule has 3 aromatic carbocycles. The lowest BCUT2D eigenvalue weighted by atomic mass is 10.1. The third kappa shape index (κ3) is 4.50. The van der Waals surface area contributed by atoms with E-state index in [1.54, 1.807) is 42.5 Å². The molecule has 0 aromatic heterocycles. The standard InChI is InChI=1S/C22H17Cl2N3O3/c23-16-7-2-1-6-15(16)22(29)26-14-5-3-4-13(8-14)11-25-18-10-20-19(9-17(18)24)27-21(28)12-30-20/h1-10,25H,11-12H2,(H,26,29)(H,27,28). The van der Waals surface area contributed by atoms with Gasteiger partial charge in [0.2, 0.25) is 0 Å². The Labute approximate surface area is 183 Å². The number of anilines is 3. The summed E-state index contributed by atoms with van der Waals surface area (Å²) in [6.07, 6.45) is 0. The average Bonchev–Trinajstić information content (AvgIpc) is 2.73. The van der Waals surface area contributed by atoms with E-state index in [1.807, 2.05) is 18.2 Å². The molecule has 2 amide bonds. The zero-order valence-electron chi connectivity index (χ0n) is 15.7. The molecule has 152 valence electrons. The summed E-state index contributed by atoms with van der Waals surface area (Å²) in [7, 11) is 0. The van der Waals surface area contributed by atoms with Crippen LogP contribution >= 0.6 is 23.2 Å². The largest absolute Gasteiger partial charge is 0.482 e. The average molecular weight is 442 g/mol. The van der Waals surface area contributed by atoms with Crippen molar-refractivity contribution in [1.29, 1.82) is 0 Å². The molecule has 4 rings (SSSR count). The maximum Gasteiger partial charge on any atom is 0.262 e. The van der Waals surface area contributed by atoms with Crippen LogP contribution in [0.25, 0.3) is 0 Å². The van der Waals surface area contributed by atoms with E-state index < -0.39 is 0 Å². The fourth-order valence-electron chi connectivity index (χ4n) is 3.04. The summed E-state index contributed by atoms with van der Waals surface area (Å²) in [5.41, 5.74) is 3.23. The van der Waals surface area contributed by atoms with Gasteiger partial charge >= 0.3 is 0 Å². The molecule has 3 aromatic rings. The number of fused-ring (bicyclic) bond motifs is 1. The van der Waals surface area contributed by atoms with Gasteiger partial charge in [0.25, 0.3) is 11.8 Å². The van der Waals surface area contributed by atoms with Crippen molar-refractivity contribution in [3.63, 3.8) is 0 Å². The van der Waals surface area contributed by atoms with Gasteiger partial charge in [0.1, 0.15) is 5.75 Å². The maximum absolute atomic E-state index is 12.5. The van der Waals surface area contributed by atoms with E-state index in [0.717, 1.165) is 5.56 Å². The molecule has 0 spiro atoms. The van der Waals surface area contributed by atoms with Gasteiger partial charge in [0.15, 0.2) is 6.61 Å². The second kappa shape index (κ2) is 8.65. The first-order valence-corrected chi connectivity index (χ1v) is 9.90. The van der Waals surface area contributed by atoms with Crippen LogP contribution in [0.5, 0.6) is 5.75 Å². The Morgan fingerprint density at radius 2 is 1.87 bits per heavy atom. The topological polar surface area (TPSA) is 79.5 Å². The molecule has 6 nitrogen and oxygen atoms in total. The first-order chi connectivity index (χ1) is 14.5. The second-order valence-corrected chi connectivity index (χ2v) is 7.47. The number of carbonyl (C=O) groups excluding carboxylic acids is 2. The summed E-state index contributed by atoms with van der Waals surface area (Å²) >= 11 is 12.4. The number of ether oxygens (including phenoxy) is 1. The summed E-state index contributed by atoms with van der Waals surface area (Å²) in [4.78, 5) is 23.9. The number of halogens is 2. The molecule has 30 heavy (non-hydrogen) atoms. The minimum absolute atomic E-state index is 0.0265. The Kier molecular flexibility index (Phi) is 5.79. The minimum Gasteiger partial charge on any atom is -0.482 e. The number of benzene rings is 3. The molecule has 3 N–H and O–H groups in total. The van der Waals surface area contributed by atoms with Crippen LogP contribution in [-0.2, 0) is 11.3 Å². The summed E-state index contributed by atoms with van der Waals surface area (Å²) in [6, 6.07) is 17.7. The van der Waals surface area contributed by atoms with Gasteiger partial charge in [-0.25, -0.2) is 0 Å². The monoisotopic (exact) mass is 441 g/mol. The molecule has 0 atom stereocenters. The van der Waals surface area contributed by atoms with Crippen molar-refractivity contribution in [3.05, 3.63) is 81.8 Å². The Morgan fingerprint density at radius 1 is 1.03 bits per heavy atom. The number of rotatable bonds is 5. The van der Waals surface area contributed by atoms with Gasteiger partial charge in [-0.15, -0.1) is 0 Å². The quantitative estimate of drug-likeness (QED) is 0.508. The molecule has 1 heterocycles. The molecule has 0 bridgehead atoms. The van der Waals surface area contributed by atoms with E-state index in [0.29, 0.717) is 45.0 Å². The molecule has 0 unspecified atom stereocenters. The fraction of sp³-hybridized carbons (Fsp3) is 0.0909. The van der Waals surface area contributed by atoms with Gasteiger partial charge < -0.3 is 20.7 Å². The van der Waals surface area contributed by atoms with Gasteiger partial charge in [0, 0.05) is 18.3 Å². The normalized spacial score (nSPS) is 12.4. The Hall–Kier alpha value is -3.22. The van der Waals surface area contributed by atoms with E-state index in [-0.39, 0.29) is 18.4 Å². The zero-order chi connectivity index (χ0) is 21.1. The van der Waals surface area contributed by atoms with E-state index >= 15 is 0 Å². The highest BCUT2D eigenvalue weighted by Crippen LogP contribution is 2.36. The van der Waals surface area contributed by atoms with E-state index in [4.69, 9.17) is 27.9 Å². The second-order valence-electron chi connectivity index (χ2n) is 6.65. The summed E-state index contributed by atoms with van der Waals surface area (Å²) in [6.45, 7) is 0.446. The third-order valence-electron chi connectivity index (χ3n) is 4.49. The van der Waals surface area contributed by atoms with Crippen LogP contribution in [0.15, 0.2) is 60.7 Å². The molecule has 0 fully saturated rings. The Bertz CT molecular complexity index is 1130. The number of carbonyl (C=O) groups is 2. The molecular weight excluding hydrogens is 425 g/mol. The van der Waals surface area contributed by atoms with Crippen LogP contribution in [0.2, 0.25) is 10.0 Å². The molecule has 8 heteroatoms. The maximum atomic E-state index is 12.5. The van der Waals surface area contributed by atoms with Crippen LogP contribution in [0.3, 0.4) is 0 Å². The lowest BCUT2D eigenvalue weighted by molar-refractivity contribution is -0.118. The fourth-order valence-corrected chi connectivity index (χ4v) is 3.49. The molecule has 0 aliphatic carbocycles. The lowest BCUT2D eigenvalue weighted by Crippen LogP contribution is -2.25. The summed E-state index contributed by atoms with van der Waals surface area (Å²) < 4.78 is 5.43. The van der Waals surface area contributed by atoms with Crippen molar-refractivity contribution in [2.24, 2.45) is 0 Å². The Morgan fingerprint density at radius 3 is 2.70 bits per heavy atom. The van der Waals surface area contributed by atoms with E-state index in [2.05, 4.69) is 16.0 Å². The number of hydrogen-bond donors (Lipinski definition) is 3. The smallest absolute Gasteiger partial charge is 0.262 e. The van der Waals surface area contributed by atoms with Crippen molar-refractivity contribution in [3.8, 4) is 5.75 Å². The SMILES string of the molecule is O=C1COc2cc(NCc3cccc(NC(=O)c4ccccc4Cl)c3)c(Cl)cc2N1. The van der Waals surface area contributed by atoms with Gasteiger partial charge in [-0.1, -0.05) is 47.5 Å². The molecular formula is C22H17Cl2N3O3. The van der Waals surface area contributed by atoms with Gasteiger partial charge in [-0.3, -0.25) is 9.59 Å². The van der Waals surface area contributed by atoms with E-state index in [1.165, 1.54) is 0 Å². The van der Waals surface area contributed by atoms with Crippen molar-refractivity contribution < 1.29 is 14.3 Å². The number of hydrogen-bond acceptors (Lipinski definition) is 4. The van der Waals surface area contributed by atoms with Crippen molar-refractivity contribution in [2.45, 2.75) is 6.54 Å². The van der Waals surface area contributed by atoms with Crippen molar-refractivity contribution >= 4 is 52.1 Å². The van der Waals surface area contributed by atoms with Crippen molar-refractivity contribution in [1.82, 2.24) is 0 Å². The number of amides is 2. The molecule has 0 radical (unpaired) electrons. The zero-order valence-corrected chi connectivity index (χ0v) is 17.2. The van der Waals surface area contributed by atoms with Crippen LogP contribution in [0.1, 0.15) is 15.9 Å². The van der Waals surface area contributed by atoms with E-state index in [9.17, 15) is 9.59 Å². The predicted molar refractivity (Wildman–Crippen MR) is 119 cm³/mol. The van der Waals surface area contributed by atoms with Crippen molar-refractivity contribution in [2.75, 3.05) is 22.6 Å². The van der Waals surface area contributed by atoms with Gasteiger partial charge in [0.05, 0.1) is 27.0 Å². The highest BCUT2D eigenvalue weighted by Gasteiger charge is 2.18. The first kappa shape index (κ1) is 20.1. The number of nitrogens with one attached hydrogen (secondary N) is 3. The lowest BCUT2D eigenvalue weighted by Gasteiger charge is -2.20. The highest BCUT2D eigenvalue weighted by molar-refractivity contribution is 6.34. The van der Waals surface area contributed by atoms with Crippen LogP contribution in [0.4, 0.5) is 17.1 Å². The van der Waals surface area contributed by atoms with Crippen LogP contribution < -0.4 is 20.7 Å². The van der Waals surface area contributed by atoms with Gasteiger partial charge in [-0.2, -0.15) is 0 Å². The highest BCUT2D eigenvalue weighted by atomic mass is 35.5. The van der Waals surface area contributed by atoms with Gasteiger partial charge in [-0.05, 0) is 35.9 Å². The minimum atomic E-state index is -0.275. The third-order valence-corrected chi connectivity index (χ3v) is 5.13. The van der Waals surface area contributed by atoms with Crippen LogP contribution in [-0.4, -0.2) is 18.4 Å². The first-order valence-electron chi connectivity index (χ1n) is 9.14. The molecule has 1 aliphatic rings. The Balaban J connectivity index is 1.45. The van der Waals surface area contributed by atoms with Crippen LogP contribution in [0, 0.1) is 0 Å². The summed E-state index contributed by atoms with van der Waals surface area (Å²) in [5.74, 6) is 0.0693.